The number of carboxylic acids is 1. The number of carboxylic acid groups (broad SMARTS) is 1. The minimum Gasteiger partial charge on any atom is -0.497 e. The number of fused-ring (bicyclic) bond motifs is 1. The molecule has 100 valence electrons. The third kappa shape index (κ3) is 2.14. The third-order valence-electron chi connectivity index (χ3n) is 3.22. The van der Waals surface area contributed by atoms with Crippen molar-refractivity contribution in [3.8, 4) is 16.9 Å². The number of hydrogen-bond acceptors (Lipinski definition) is 3. The van der Waals surface area contributed by atoms with Crippen LogP contribution in [0.15, 0.2) is 47.8 Å². The first-order chi connectivity index (χ1) is 9.69. The topological polar surface area (TPSA) is 46.5 Å². The molecule has 0 aliphatic carbocycles. The first-order valence-electron chi connectivity index (χ1n) is 6.08. The van der Waals surface area contributed by atoms with Gasteiger partial charge in [0.25, 0.3) is 0 Å². The summed E-state index contributed by atoms with van der Waals surface area (Å²) in [5.74, 6) is -0.0724. The average Bonchev–Trinajstić information content (AvgIpc) is 2.95. The van der Waals surface area contributed by atoms with Gasteiger partial charge in [0.15, 0.2) is 0 Å². The summed E-state index contributed by atoms with van der Waals surface area (Å²) in [6.07, 6.45) is 0. The lowest BCUT2D eigenvalue weighted by molar-refractivity contribution is 0.0703. The van der Waals surface area contributed by atoms with Crippen molar-refractivity contribution in [2.75, 3.05) is 7.11 Å². The highest BCUT2D eigenvalue weighted by atomic mass is 32.1. The molecule has 4 heteroatoms. The summed E-state index contributed by atoms with van der Waals surface area (Å²) in [6, 6.07) is 13.6. The molecule has 0 bridgehead atoms. The fourth-order valence-electron chi connectivity index (χ4n) is 2.22. The van der Waals surface area contributed by atoms with Gasteiger partial charge >= 0.3 is 5.97 Å². The van der Waals surface area contributed by atoms with E-state index in [0.717, 1.165) is 27.6 Å². The number of ether oxygens (including phenoxy) is 1. The minimum absolute atomic E-state index is 0.373. The van der Waals surface area contributed by atoms with Crippen LogP contribution < -0.4 is 4.74 Å². The Morgan fingerprint density at radius 1 is 1.10 bits per heavy atom. The van der Waals surface area contributed by atoms with E-state index in [1.165, 1.54) is 11.3 Å². The molecule has 0 atom stereocenters. The van der Waals surface area contributed by atoms with Gasteiger partial charge in [-0.05, 0) is 46.0 Å². The number of methoxy groups -OCH3 is 1. The van der Waals surface area contributed by atoms with E-state index in [-0.39, 0.29) is 0 Å². The lowest BCUT2D eigenvalue weighted by atomic mass is 10.0. The summed E-state index contributed by atoms with van der Waals surface area (Å²) in [6.45, 7) is 0. The molecule has 1 heterocycles. The van der Waals surface area contributed by atoms with E-state index in [0.29, 0.717) is 4.88 Å². The van der Waals surface area contributed by atoms with E-state index in [1.54, 1.807) is 12.5 Å². The number of rotatable bonds is 3. The summed E-state index contributed by atoms with van der Waals surface area (Å²) in [7, 11) is 1.64. The van der Waals surface area contributed by atoms with Crippen molar-refractivity contribution < 1.29 is 14.6 Å². The lowest BCUT2D eigenvalue weighted by Gasteiger charge is -2.05. The molecule has 0 aliphatic heterocycles. The fourth-order valence-corrected chi connectivity index (χ4v) is 2.97. The third-order valence-corrected chi connectivity index (χ3v) is 4.12. The van der Waals surface area contributed by atoms with Crippen molar-refractivity contribution in [3.05, 3.63) is 52.7 Å². The zero-order valence-electron chi connectivity index (χ0n) is 10.8. The summed E-state index contributed by atoms with van der Waals surface area (Å²) in [5.41, 5.74) is 1.68. The number of carbonyl (C=O) groups is 1. The Kier molecular flexibility index (Phi) is 3.16. The van der Waals surface area contributed by atoms with Gasteiger partial charge in [0, 0.05) is 5.56 Å². The van der Waals surface area contributed by atoms with Crippen molar-refractivity contribution in [2.45, 2.75) is 0 Å². The zero-order chi connectivity index (χ0) is 14.1. The van der Waals surface area contributed by atoms with E-state index in [9.17, 15) is 9.90 Å². The second-order valence-corrected chi connectivity index (χ2v) is 5.31. The Morgan fingerprint density at radius 3 is 2.60 bits per heavy atom. The van der Waals surface area contributed by atoms with Gasteiger partial charge in [0.05, 0.1) is 7.11 Å². The molecule has 3 aromatic rings. The maximum atomic E-state index is 11.2. The molecule has 0 radical (unpaired) electrons. The van der Waals surface area contributed by atoms with Gasteiger partial charge in [-0.2, -0.15) is 0 Å². The standard InChI is InChI=1S/C16H12O3S/c1-19-13-5-4-10-8-12(3-2-11(10)9-13)14-6-7-20-15(14)16(17)18/h2-9H,1H3,(H,17,18). The van der Waals surface area contributed by atoms with Crippen molar-refractivity contribution >= 4 is 28.1 Å². The SMILES string of the molecule is COc1ccc2cc(-c3ccsc3C(=O)O)ccc2c1. The molecule has 0 amide bonds. The Balaban J connectivity index is 2.13. The number of aromatic carboxylic acids is 1. The van der Waals surface area contributed by atoms with Crippen LogP contribution in [0, 0.1) is 0 Å². The second-order valence-electron chi connectivity index (χ2n) is 4.40. The predicted octanol–water partition coefficient (Wildman–Crippen LogP) is 4.28. The Bertz CT molecular complexity index is 789. The second kappa shape index (κ2) is 4.98. The van der Waals surface area contributed by atoms with E-state index >= 15 is 0 Å². The smallest absolute Gasteiger partial charge is 0.346 e. The predicted molar refractivity (Wildman–Crippen MR) is 80.8 cm³/mol. The maximum absolute atomic E-state index is 11.2. The van der Waals surface area contributed by atoms with Gasteiger partial charge in [-0.25, -0.2) is 4.79 Å². The summed E-state index contributed by atoms with van der Waals surface area (Å²) in [4.78, 5) is 11.6. The molecule has 3 rings (SSSR count). The summed E-state index contributed by atoms with van der Waals surface area (Å²) in [5, 5.41) is 13.1. The normalized spacial score (nSPS) is 10.7. The van der Waals surface area contributed by atoms with Crippen LogP contribution in [0.1, 0.15) is 9.67 Å². The van der Waals surface area contributed by atoms with Crippen LogP contribution in [0.25, 0.3) is 21.9 Å². The van der Waals surface area contributed by atoms with Gasteiger partial charge in [0.2, 0.25) is 0 Å². The van der Waals surface area contributed by atoms with Crippen LogP contribution in [0.5, 0.6) is 5.75 Å². The first kappa shape index (κ1) is 12.7. The molecule has 3 nitrogen and oxygen atoms in total. The van der Waals surface area contributed by atoms with Gasteiger partial charge in [0.1, 0.15) is 10.6 Å². The van der Waals surface area contributed by atoms with Crippen molar-refractivity contribution in [3.63, 3.8) is 0 Å². The van der Waals surface area contributed by atoms with Crippen LogP contribution in [-0.2, 0) is 0 Å². The van der Waals surface area contributed by atoms with Crippen LogP contribution in [-0.4, -0.2) is 18.2 Å². The molecule has 1 aromatic heterocycles. The molecular formula is C16H12O3S. The summed E-state index contributed by atoms with van der Waals surface area (Å²) >= 11 is 1.24. The molecule has 0 saturated carbocycles. The molecule has 0 spiro atoms. The Hall–Kier alpha value is -2.33. The van der Waals surface area contributed by atoms with Crippen molar-refractivity contribution in [1.29, 1.82) is 0 Å². The Morgan fingerprint density at radius 2 is 1.85 bits per heavy atom. The van der Waals surface area contributed by atoms with E-state index in [1.807, 2.05) is 42.5 Å². The summed E-state index contributed by atoms with van der Waals surface area (Å²) < 4.78 is 5.20. The molecule has 20 heavy (non-hydrogen) atoms. The highest BCUT2D eigenvalue weighted by Crippen LogP contribution is 2.31. The van der Waals surface area contributed by atoms with Crippen LogP contribution >= 0.6 is 11.3 Å². The minimum atomic E-state index is -0.884. The quantitative estimate of drug-likeness (QED) is 0.781. The van der Waals surface area contributed by atoms with E-state index < -0.39 is 5.97 Å². The van der Waals surface area contributed by atoms with Gasteiger partial charge in [-0.3, -0.25) is 0 Å². The van der Waals surface area contributed by atoms with E-state index in [4.69, 9.17) is 4.74 Å². The maximum Gasteiger partial charge on any atom is 0.346 e. The average molecular weight is 284 g/mol. The molecular weight excluding hydrogens is 272 g/mol. The first-order valence-corrected chi connectivity index (χ1v) is 6.96. The van der Waals surface area contributed by atoms with Crippen LogP contribution in [0.2, 0.25) is 0 Å². The molecule has 2 aromatic carbocycles. The number of thiophene rings is 1. The molecule has 1 N–H and O–H groups in total. The van der Waals surface area contributed by atoms with Crippen molar-refractivity contribution in [2.24, 2.45) is 0 Å². The van der Waals surface area contributed by atoms with Crippen molar-refractivity contribution in [1.82, 2.24) is 0 Å². The Labute approximate surface area is 120 Å². The largest absolute Gasteiger partial charge is 0.497 e. The number of hydrogen-bond donors (Lipinski definition) is 1. The molecule has 0 fully saturated rings. The zero-order valence-corrected chi connectivity index (χ0v) is 11.6. The fraction of sp³-hybridized carbons (Fsp3) is 0.0625. The highest BCUT2D eigenvalue weighted by molar-refractivity contribution is 7.12. The lowest BCUT2D eigenvalue weighted by Crippen LogP contribution is -1.94. The molecule has 0 aliphatic rings. The highest BCUT2D eigenvalue weighted by Gasteiger charge is 2.13. The number of benzene rings is 2. The van der Waals surface area contributed by atoms with Gasteiger partial charge in [-0.1, -0.05) is 18.2 Å². The molecule has 0 unspecified atom stereocenters. The molecule has 0 saturated heterocycles. The van der Waals surface area contributed by atoms with Gasteiger partial charge in [-0.15, -0.1) is 11.3 Å². The van der Waals surface area contributed by atoms with E-state index in [2.05, 4.69) is 0 Å². The van der Waals surface area contributed by atoms with Crippen LogP contribution in [0.3, 0.4) is 0 Å². The van der Waals surface area contributed by atoms with Crippen LogP contribution in [0.4, 0.5) is 0 Å². The monoisotopic (exact) mass is 284 g/mol. The van der Waals surface area contributed by atoms with Gasteiger partial charge < -0.3 is 9.84 Å².